The first-order chi connectivity index (χ1) is 12.4. The van der Waals surface area contributed by atoms with Gasteiger partial charge in [0.25, 0.3) is 5.91 Å². The fourth-order valence-electron chi connectivity index (χ4n) is 3.78. The normalized spacial score (nSPS) is 21.3. The van der Waals surface area contributed by atoms with Crippen molar-refractivity contribution >= 4 is 27.9 Å². The summed E-state index contributed by atoms with van der Waals surface area (Å²) in [7, 11) is 3.32. The first-order valence-corrected chi connectivity index (χ1v) is 9.11. The molecule has 134 valence electrons. The van der Waals surface area contributed by atoms with Gasteiger partial charge >= 0.3 is 6.03 Å². The molecule has 0 bridgehead atoms. The summed E-state index contributed by atoms with van der Waals surface area (Å²) in [5, 5.41) is 2.43. The molecule has 4 rings (SSSR count). The Labute approximate surface area is 159 Å². The zero-order valence-electron chi connectivity index (χ0n) is 14.5. The summed E-state index contributed by atoms with van der Waals surface area (Å²) in [6.45, 7) is 0. The summed E-state index contributed by atoms with van der Waals surface area (Å²) in [4.78, 5) is 30.5. The fraction of sp³-hybridized carbons (Fsp3) is 0.316. The predicted molar refractivity (Wildman–Crippen MR) is 99.2 cm³/mol. The highest BCUT2D eigenvalue weighted by atomic mass is 79.9. The van der Waals surface area contributed by atoms with Gasteiger partial charge in [-0.05, 0) is 51.2 Å². The molecular formula is C19H18BrN3O3. The molecule has 0 radical (unpaired) electrons. The molecule has 1 aromatic heterocycles. The van der Waals surface area contributed by atoms with E-state index in [1.54, 1.807) is 20.4 Å². The van der Waals surface area contributed by atoms with Crippen molar-refractivity contribution in [2.24, 2.45) is 0 Å². The Kier molecular flexibility index (Phi) is 3.99. The maximum absolute atomic E-state index is 12.5. The quantitative estimate of drug-likeness (QED) is 0.781. The molecule has 1 aliphatic heterocycles. The van der Waals surface area contributed by atoms with Crippen molar-refractivity contribution in [1.82, 2.24) is 15.2 Å². The molecule has 1 fully saturated rings. The zero-order chi connectivity index (χ0) is 18.5. The third-order valence-electron chi connectivity index (χ3n) is 5.39. The van der Waals surface area contributed by atoms with Gasteiger partial charge in [-0.1, -0.05) is 12.1 Å². The molecule has 1 aromatic carbocycles. The van der Waals surface area contributed by atoms with E-state index < -0.39 is 5.54 Å². The van der Waals surface area contributed by atoms with Gasteiger partial charge in [0.15, 0.2) is 0 Å². The number of hydrogen-bond acceptors (Lipinski definition) is 4. The van der Waals surface area contributed by atoms with Crippen molar-refractivity contribution in [3.63, 3.8) is 0 Å². The number of aromatic nitrogens is 1. The Hall–Kier alpha value is -2.41. The summed E-state index contributed by atoms with van der Waals surface area (Å²) in [6.07, 6.45) is 3.42. The molecule has 1 aliphatic carbocycles. The number of carbonyl (C=O) groups is 2. The number of rotatable bonds is 3. The van der Waals surface area contributed by atoms with Gasteiger partial charge in [0.1, 0.15) is 11.3 Å². The number of likely N-dealkylation sites (N-methyl/N-ethyl adjacent to an activating group) is 1. The first kappa shape index (κ1) is 17.0. The lowest BCUT2D eigenvalue weighted by Crippen LogP contribution is -2.48. The van der Waals surface area contributed by atoms with Crippen LogP contribution in [-0.2, 0) is 24.1 Å². The number of halogens is 1. The van der Waals surface area contributed by atoms with Gasteiger partial charge in [-0.3, -0.25) is 15.1 Å². The average Bonchev–Trinajstić information content (AvgIpc) is 3.13. The number of imide groups is 1. The number of carbonyl (C=O) groups excluding carboxylic acids is 2. The molecule has 2 heterocycles. The molecule has 0 saturated carbocycles. The molecule has 1 atom stereocenters. The second-order valence-electron chi connectivity index (χ2n) is 6.74. The van der Waals surface area contributed by atoms with Crippen molar-refractivity contribution in [2.45, 2.75) is 24.8 Å². The smallest absolute Gasteiger partial charge is 0.324 e. The highest BCUT2D eigenvalue weighted by molar-refractivity contribution is 9.10. The Morgan fingerprint density at radius 3 is 2.62 bits per heavy atom. The molecule has 2 aliphatic rings. The average molecular weight is 416 g/mol. The lowest BCUT2D eigenvalue weighted by Gasteiger charge is -2.27. The number of ether oxygens (including phenoxy) is 1. The number of methoxy groups -OCH3 is 1. The van der Waals surface area contributed by atoms with Crippen LogP contribution >= 0.6 is 15.9 Å². The Morgan fingerprint density at radius 1 is 1.27 bits per heavy atom. The minimum absolute atomic E-state index is 0.241. The number of amides is 3. The van der Waals surface area contributed by atoms with Gasteiger partial charge in [-0.2, -0.15) is 0 Å². The van der Waals surface area contributed by atoms with Gasteiger partial charge in [-0.25, -0.2) is 4.79 Å². The highest BCUT2D eigenvalue weighted by Gasteiger charge is 2.55. The predicted octanol–water partition coefficient (Wildman–Crippen LogP) is 2.46. The summed E-state index contributed by atoms with van der Waals surface area (Å²) in [6, 6.07) is 7.58. The summed E-state index contributed by atoms with van der Waals surface area (Å²) in [5.41, 5.74) is 3.32. The molecule has 1 saturated heterocycles. The van der Waals surface area contributed by atoms with E-state index in [9.17, 15) is 9.59 Å². The molecule has 2 aromatic rings. The maximum Gasteiger partial charge on any atom is 0.324 e. The second-order valence-corrected chi connectivity index (χ2v) is 7.59. The van der Waals surface area contributed by atoms with Crippen LogP contribution in [0.4, 0.5) is 4.79 Å². The third-order valence-corrected chi connectivity index (χ3v) is 6.08. The molecule has 1 spiro atoms. The lowest BCUT2D eigenvalue weighted by molar-refractivity contribution is -0.125. The zero-order valence-corrected chi connectivity index (χ0v) is 16.1. The van der Waals surface area contributed by atoms with E-state index in [4.69, 9.17) is 4.74 Å². The number of nitrogens with one attached hydrogen (secondary N) is 1. The molecule has 26 heavy (non-hydrogen) atoms. The standard InChI is InChI=1S/C19H18BrN3O3/c1-23-18(25)22-17(24)19(23)8-14-13(15(20)10-21-16(14)9-19)7-11-3-5-12(26-2)6-4-11/h3-6,10H,7-9H2,1-2H3,(H,22,24,25)/t19-/m1/s1. The SMILES string of the molecule is COc1ccc(Cc2c(Br)cnc3c2C[C@@]2(C3)C(=O)NC(=O)N2C)cc1. The summed E-state index contributed by atoms with van der Waals surface area (Å²) in [5.74, 6) is 0.573. The van der Waals surface area contributed by atoms with Crippen molar-refractivity contribution < 1.29 is 14.3 Å². The molecule has 7 heteroatoms. The van der Waals surface area contributed by atoms with E-state index in [2.05, 4.69) is 26.2 Å². The van der Waals surface area contributed by atoms with Crippen LogP contribution in [0.15, 0.2) is 34.9 Å². The molecule has 6 nitrogen and oxygen atoms in total. The molecule has 3 amide bonds. The second kappa shape index (κ2) is 6.09. The van der Waals surface area contributed by atoms with E-state index >= 15 is 0 Å². The van der Waals surface area contributed by atoms with Gasteiger partial charge in [-0.15, -0.1) is 0 Å². The van der Waals surface area contributed by atoms with Gasteiger partial charge < -0.3 is 9.64 Å². The van der Waals surface area contributed by atoms with Crippen molar-refractivity contribution in [1.29, 1.82) is 0 Å². The minimum atomic E-state index is -0.859. The van der Waals surface area contributed by atoms with E-state index in [0.717, 1.165) is 32.6 Å². The van der Waals surface area contributed by atoms with Crippen LogP contribution in [0.5, 0.6) is 5.75 Å². The van der Waals surface area contributed by atoms with Gasteiger partial charge in [0.2, 0.25) is 0 Å². The van der Waals surface area contributed by atoms with Crippen molar-refractivity contribution in [3.8, 4) is 5.75 Å². The number of urea groups is 1. The van der Waals surface area contributed by atoms with Crippen LogP contribution < -0.4 is 10.1 Å². The largest absolute Gasteiger partial charge is 0.497 e. The first-order valence-electron chi connectivity index (χ1n) is 8.32. The minimum Gasteiger partial charge on any atom is -0.497 e. The number of fused-ring (bicyclic) bond motifs is 1. The van der Waals surface area contributed by atoms with Crippen molar-refractivity contribution in [2.75, 3.05) is 14.2 Å². The third kappa shape index (κ3) is 2.49. The van der Waals surface area contributed by atoms with Crippen LogP contribution in [-0.4, -0.2) is 41.5 Å². The highest BCUT2D eigenvalue weighted by Crippen LogP contribution is 2.40. The Bertz CT molecular complexity index is 913. The van der Waals surface area contributed by atoms with Crippen LogP contribution in [0.2, 0.25) is 0 Å². The molecular weight excluding hydrogens is 398 g/mol. The lowest BCUT2D eigenvalue weighted by atomic mass is 9.93. The topological polar surface area (TPSA) is 71.5 Å². The van der Waals surface area contributed by atoms with Crippen LogP contribution in [0.3, 0.4) is 0 Å². The van der Waals surface area contributed by atoms with Crippen molar-refractivity contribution in [3.05, 3.63) is 57.3 Å². The van der Waals surface area contributed by atoms with Crippen LogP contribution in [0.25, 0.3) is 0 Å². The van der Waals surface area contributed by atoms with Gasteiger partial charge in [0.05, 0.1) is 7.11 Å². The van der Waals surface area contributed by atoms with E-state index in [0.29, 0.717) is 19.3 Å². The maximum atomic E-state index is 12.5. The molecule has 0 unspecified atom stereocenters. The van der Waals surface area contributed by atoms with Gasteiger partial charge in [0, 0.05) is 36.3 Å². The Morgan fingerprint density at radius 2 is 2.00 bits per heavy atom. The molecule has 1 N–H and O–H groups in total. The fourth-order valence-corrected chi connectivity index (χ4v) is 4.26. The summed E-state index contributed by atoms with van der Waals surface area (Å²) >= 11 is 3.61. The number of hydrogen-bond donors (Lipinski definition) is 1. The van der Waals surface area contributed by atoms with Crippen LogP contribution in [0, 0.1) is 0 Å². The number of benzene rings is 1. The summed E-state index contributed by atoms with van der Waals surface area (Å²) < 4.78 is 6.13. The van der Waals surface area contributed by atoms with E-state index in [1.807, 2.05) is 24.3 Å². The van der Waals surface area contributed by atoms with E-state index in [1.165, 1.54) is 4.90 Å². The van der Waals surface area contributed by atoms with E-state index in [-0.39, 0.29) is 11.9 Å². The number of nitrogens with zero attached hydrogens (tertiary/aromatic N) is 2. The Balaban J connectivity index is 1.71. The number of pyridine rings is 1. The monoisotopic (exact) mass is 415 g/mol. The van der Waals surface area contributed by atoms with Crippen LogP contribution in [0.1, 0.15) is 22.4 Å².